The largest absolute Gasteiger partial charge is 0.481 e. The van der Waals surface area contributed by atoms with Crippen molar-refractivity contribution < 1.29 is 14.6 Å². The summed E-state index contributed by atoms with van der Waals surface area (Å²) in [5, 5.41) is 11.0. The van der Waals surface area contributed by atoms with Crippen LogP contribution in [-0.2, 0) is 9.53 Å². The van der Waals surface area contributed by atoms with Gasteiger partial charge in [0.25, 0.3) is 0 Å². The number of aliphatic carboxylic acids is 1. The van der Waals surface area contributed by atoms with Crippen molar-refractivity contribution in [3.8, 4) is 0 Å². The molecule has 4 heteroatoms. The monoisotopic (exact) mass is 212 g/mol. The quantitative estimate of drug-likeness (QED) is 0.817. The van der Waals surface area contributed by atoms with E-state index in [2.05, 4.69) is 0 Å². The molecule has 0 spiro atoms. The maximum Gasteiger partial charge on any atom is 0.309 e. The zero-order valence-electron chi connectivity index (χ0n) is 7.90. The molecule has 1 aromatic heterocycles. The van der Waals surface area contributed by atoms with Gasteiger partial charge in [-0.3, -0.25) is 4.79 Å². The lowest BCUT2D eigenvalue weighted by molar-refractivity contribution is -0.143. The molecule has 2 unspecified atom stereocenters. The van der Waals surface area contributed by atoms with Crippen LogP contribution in [0.5, 0.6) is 0 Å². The van der Waals surface area contributed by atoms with Gasteiger partial charge < -0.3 is 9.84 Å². The van der Waals surface area contributed by atoms with Crippen LogP contribution in [0.3, 0.4) is 0 Å². The van der Waals surface area contributed by atoms with Gasteiger partial charge in [-0.25, -0.2) is 0 Å². The fourth-order valence-corrected chi connectivity index (χ4v) is 2.82. The molecule has 1 fully saturated rings. The molecule has 2 rings (SSSR count). The normalized spacial score (nSPS) is 26.6. The van der Waals surface area contributed by atoms with Gasteiger partial charge in [-0.2, -0.15) is 0 Å². The minimum absolute atomic E-state index is 0.229. The highest BCUT2D eigenvalue weighted by Gasteiger charge is 2.36. The molecule has 2 atom stereocenters. The summed E-state index contributed by atoms with van der Waals surface area (Å²) in [6.45, 7) is 2.55. The summed E-state index contributed by atoms with van der Waals surface area (Å²) >= 11 is 1.58. The van der Waals surface area contributed by atoms with E-state index in [-0.39, 0.29) is 12.0 Å². The van der Waals surface area contributed by atoms with E-state index in [4.69, 9.17) is 9.84 Å². The van der Waals surface area contributed by atoms with Crippen LogP contribution in [0.15, 0.2) is 11.4 Å². The Labute approximate surface area is 86.3 Å². The summed E-state index contributed by atoms with van der Waals surface area (Å²) in [6, 6.07) is 2.00. The third-order valence-electron chi connectivity index (χ3n) is 2.57. The zero-order valence-corrected chi connectivity index (χ0v) is 8.71. The number of carbonyl (C=O) groups is 1. The smallest absolute Gasteiger partial charge is 0.309 e. The van der Waals surface area contributed by atoms with Gasteiger partial charge >= 0.3 is 5.97 Å². The molecule has 14 heavy (non-hydrogen) atoms. The molecule has 1 N–H and O–H groups in total. The molecule has 1 aromatic rings. The number of hydrogen-bond donors (Lipinski definition) is 1. The summed E-state index contributed by atoms with van der Waals surface area (Å²) in [7, 11) is 0. The first-order valence-electron chi connectivity index (χ1n) is 4.58. The molecule has 3 nitrogen and oxygen atoms in total. The van der Waals surface area contributed by atoms with Crippen molar-refractivity contribution in [3.05, 3.63) is 21.9 Å². The molecule has 0 saturated carbocycles. The fourth-order valence-electron chi connectivity index (χ4n) is 1.78. The van der Waals surface area contributed by atoms with Crippen molar-refractivity contribution in [1.29, 1.82) is 0 Å². The van der Waals surface area contributed by atoms with Crippen molar-refractivity contribution in [2.24, 2.45) is 5.92 Å². The Hall–Kier alpha value is -0.870. The predicted octanol–water partition coefficient (Wildman–Crippen LogP) is 2.22. The summed E-state index contributed by atoms with van der Waals surface area (Å²) in [5.74, 6) is -1.12. The summed E-state index contributed by atoms with van der Waals surface area (Å²) < 4.78 is 5.48. The van der Waals surface area contributed by atoms with Crippen LogP contribution in [-0.4, -0.2) is 17.7 Å². The number of aryl methyl sites for hydroxylation is 1. The highest BCUT2D eigenvalue weighted by atomic mass is 32.1. The zero-order chi connectivity index (χ0) is 10.1. The molecule has 1 aliphatic heterocycles. The van der Waals surface area contributed by atoms with E-state index in [0.29, 0.717) is 13.0 Å². The third kappa shape index (κ3) is 1.55. The highest BCUT2D eigenvalue weighted by molar-refractivity contribution is 7.10. The molecule has 0 radical (unpaired) electrons. The number of carboxylic acids is 1. The van der Waals surface area contributed by atoms with Gasteiger partial charge in [0, 0.05) is 11.5 Å². The van der Waals surface area contributed by atoms with Crippen LogP contribution in [0.2, 0.25) is 0 Å². The standard InChI is InChI=1S/C10H12O3S/c1-6-3-5-14-9(6)8-7(10(11)12)2-4-13-8/h3,5,7-8H,2,4H2,1H3,(H,11,12). The maximum atomic E-state index is 10.9. The fraction of sp³-hybridized carbons (Fsp3) is 0.500. The van der Waals surface area contributed by atoms with Crippen molar-refractivity contribution in [3.63, 3.8) is 0 Å². The lowest BCUT2D eigenvalue weighted by Gasteiger charge is -2.14. The lowest BCUT2D eigenvalue weighted by atomic mass is 9.99. The van der Waals surface area contributed by atoms with Crippen LogP contribution in [0.1, 0.15) is 23.0 Å². The molecule has 76 valence electrons. The minimum atomic E-state index is -0.750. The van der Waals surface area contributed by atoms with Crippen molar-refractivity contribution in [2.75, 3.05) is 6.61 Å². The first kappa shape index (κ1) is 9.68. The SMILES string of the molecule is Cc1ccsc1C1OCCC1C(=O)O. The Bertz CT molecular complexity index is 345. The van der Waals surface area contributed by atoms with E-state index < -0.39 is 5.97 Å². The summed E-state index contributed by atoms with van der Waals surface area (Å²) in [6.07, 6.45) is 0.393. The maximum absolute atomic E-state index is 10.9. The average molecular weight is 212 g/mol. The molecule has 0 aliphatic carbocycles. The van der Waals surface area contributed by atoms with Gasteiger partial charge in [0.1, 0.15) is 6.10 Å². The molecule has 0 aromatic carbocycles. The molecular formula is C10H12O3S. The average Bonchev–Trinajstić information content (AvgIpc) is 2.70. The van der Waals surface area contributed by atoms with E-state index in [1.165, 1.54) is 0 Å². The Kier molecular flexibility index (Phi) is 2.56. The number of thiophene rings is 1. The van der Waals surface area contributed by atoms with Gasteiger partial charge in [0.15, 0.2) is 0 Å². The number of hydrogen-bond acceptors (Lipinski definition) is 3. The van der Waals surface area contributed by atoms with Crippen LogP contribution in [0, 0.1) is 12.8 Å². The number of rotatable bonds is 2. The van der Waals surface area contributed by atoms with Gasteiger partial charge in [0.05, 0.1) is 5.92 Å². The Balaban J connectivity index is 2.26. The number of carboxylic acid groups (broad SMARTS) is 1. The van der Waals surface area contributed by atoms with E-state index in [1.807, 2.05) is 18.4 Å². The van der Waals surface area contributed by atoms with Crippen LogP contribution in [0.4, 0.5) is 0 Å². The second kappa shape index (κ2) is 3.71. The first-order chi connectivity index (χ1) is 6.70. The number of ether oxygens (including phenoxy) is 1. The van der Waals surface area contributed by atoms with Crippen molar-refractivity contribution in [2.45, 2.75) is 19.4 Å². The summed E-state index contributed by atoms with van der Waals surface area (Å²) in [4.78, 5) is 12.0. The van der Waals surface area contributed by atoms with Gasteiger partial charge in [0.2, 0.25) is 0 Å². The van der Waals surface area contributed by atoms with Crippen LogP contribution < -0.4 is 0 Å². The Morgan fingerprint density at radius 1 is 1.71 bits per heavy atom. The van der Waals surface area contributed by atoms with Gasteiger partial charge in [-0.15, -0.1) is 11.3 Å². The second-order valence-corrected chi connectivity index (χ2v) is 4.44. The predicted molar refractivity (Wildman–Crippen MR) is 53.5 cm³/mol. The topological polar surface area (TPSA) is 46.5 Å². The molecule has 1 aliphatic rings. The van der Waals surface area contributed by atoms with E-state index in [9.17, 15) is 4.79 Å². The van der Waals surface area contributed by atoms with Gasteiger partial charge in [-0.1, -0.05) is 0 Å². The molecule has 0 bridgehead atoms. The van der Waals surface area contributed by atoms with Gasteiger partial charge in [-0.05, 0) is 30.4 Å². The lowest BCUT2D eigenvalue weighted by Crippen LogP contribution is -2.17. The minimum Gasteiger partial charge on any atom is -0.481 e. The van der Waals surface area contributed by atoms with Crippen LogP contribution in [0.25, 0.3) is 0 Å². The first-order valence-corrected chi connectivity index (χ1v) is 5.46. The van der Waals surface area contributed by atoms with Crippen molar-refractivity contribution >= 4 is 17.3 Å². The molecular weight excluding hydrogens is 200 g/mol. The van der Waals surface area contributed by atoms with E-state index in [0.717, 1.165) is 10.4 Å². The Morgan fingerprint density at radius 2 is 2.50 bits per heavy atom. The molecule has 1 saturated heterocycles. The van der Waals surface area contributed by atoms with E-state index in [1.54, 1.807) is 11.3 Å². The third-order valence-corrected chi connectivity index (χ3v) is 3.65. The van der Waals surface area contributed by atoms with Crippen LogP contribution >= 0.6 is 11.3 Å². The Morgan fingerprint density at radius 3 is 3.07 bits per heavy atom. The van der Waals surface area contributed by atoms with Crippen molar-refractivity contribution in [1.82, 2.24) is 0 Å². The highest BCUT2D eigenvalue weighted by Crippen LogP contribution is 2.38. The molecule has 0 amide bonds. The summed E-state index contributed by atoms with van der Waals surface area (Å²) in [5.41, 5.74) is 1.13. The van der Waals surface area contributed by atoms with E-state index >= 15 is 0 Å². The second-order valence-electron chi connectivity index (χ2n) is 3.49. The molecule has 2 heterocycles.